The lowest BCUT2D eigenvalue weighted by Crippen LogP contribution is -2.37. The maximum atomic E-state index is 13.3. The number of benzene rings is 1. The van der Waals surface area contributed by atoms with Crippen LogP contribution in [0.1, 0.15) is 26.2 Å². The minimum Gasteiger partial charge on any atom is -0.456 e. The standard InChI is InChI=1S/C14H17FN2O4/c1-2-3-8-13(19)21-9-12(18)17-14(20)16-11-7-5-4-6-10(11)15/h4-7H,2-3,8-9H2,1H3,(H2,16,17,18,20). The van der Waals surface area contributed by atoms with Crippen molar-refractivity contribution in [3.05, 3.63) is 30.1 Å². The lowest BCUT2D eigenvalue weighted by atomic mass is 10.2. The maximum Gasteiger partial charge on any atom is 0.326 e. The number of carbonyl (C=O) groups is 3. The SMILES string of the molecule is CCCCC(=O)OCC(=O)NC(=O)Nc1ccccc1F. The van der Waals surface area contributed by atoms with Gasteiger partial charge in [0, 0.05) is 6.42 Å². The lowest BCUT2D eigenvalue weighted by molar-refractivity contribution is -0.148. The number of anilines is 1. The van der Waals surface area contributed by atoms with Crippen molar-refractivity contribution in [3.63, 3.8) is 0 Å². The molecule has 0 aliphatic heterocycles. The molecule has 7 heteroatoms. The molecule has 0 aliphatic rings. The molecule has 1 aromatic carbocycles. The summed E-state index contributed by atoms with van der Waals surface area (Å²) in [7, 11) is 0. The molecule has 0 fully saturated rings. The number of nitrogens with one attached hydrogen (secondary N) is 2. The van der Waals surface area contributed by atoms with Crippen molar-refractivity contribution < 1.29 is 23.5 Å². The predicted octanol–water partition coefficient (Wildman–Crippen LogP) is 2.21. The Morgan fingerprint density at radius 3 is 2.62 bits per heavy atom. The number of para-hydroxylation sites is 1. The monoisotopic (exact) mass is 296 g/mol. The van der Waals surface area contributed by atoms with Gasteiger partial charge in [-0.3, -0.25) is 14.9 Å². The predicted molar refractivity (Wildman–Crippen MR) is 74.0 cm³/mol. The van der Waals surface area contributed by atoms with Crippen LogP contribution in [0.2, 0.25) is 0 Å². The molecule has 1 aromatic rings. The summed E-state index contributed by atoms with van der Waals surface area (Å²) in [5.74, 6) is -1.90. The number of rotatable bonds is 6. The van der Waals surface area contributed by atoms with E-state index in [1.165, 1.54) is 24.3 Å². The Bertz CT molecular complexity index is 519. The van der Waals surface area contributed by atoms with Gasteiger partial charge in [0.2, 0.25) is 0 Å². The number of imide groups is 1. The second-order valence-electron chi connectivity index (χ2n) is 4.25. The Morgan fingerprint density at radius 2 is 1.95 bits per heavy atom. The average Bonchev–Trinajstić information content (AvgIpc) is 2.45. The largest absolute Gasteiger partial charge is 0.456 e. The first-order valence-electron chi connectivity index (χ1n) is 6.54. The quantitative estimate of drug-likeness (QED) is 0.788. The van der Waals surface area contributed by atoms with Gasteiger partial charge < -0.3 is 10.1 Å². The molecule has 0 atom stereocenters. The van der Waals surface area contributed by atoms with E-state index in [0.29, 0.717) is 6.42 Å². The van der Waals surface area contributed by atoms with Crippen LogP contribution in [0.3, 0.4) is 0 Å². The van der Waals surface area contributed by atoms with E-state index in [1.807, 2.05) is 12.2 Å². The van der Waals surface area contributed by atoms with E-state index in [-0.39, 0.29) is 12.1 Å². The van der Waals surface area contributed by atoms with Gasteiger partial charge in [0.25, 0.3) is 5.91 Å². The normalized spacial score (nSPS) is 9.81. The van der Waals surface area contributed by atoms with E-state index in [9.17, 15) is 18.8 Å². The number of urea groups is 1. The zero-order valence-corrected chi connectivity index (χ0v) is 11.6. The van der Waals surface area contributed by atoms with Crippen LogP contribution >= 0.6 is 0 Å². The zero-order valence-electron chi connectivity index (χ0n) is 11.6. The molecule has 114 valence electrons. The minimum absolute atomic E-state index is 0.0530. The highest BCUT2D eigenvalue weighted by Gasteiger charge is 2.12. The van der Waals surface area contributed by atoms with Crippen molar-refractivity contribution in [1.82, 2.24) is 5.32 Å². The van der Waals surface area contributed by atoms with Gasteiger partial charge in [-0.1, -0.05) is 25.5 Å². The minimum atomic E-state index is -0.894. The first kappa shape index (κ1) is 16.6. The third-order valence-corrected chi connectivity index (χ3v) is 2.47. The fourth-order valence-electron chi connectivity index (χ4n) is 1.42. The van der Waals surface area contributed by atoms with Gasteiger partial charge in [-0.2, -0.15) is 0 Å². The molecule has 0 saturated carbocycles. The molecule has 0 bridgehead atoms. The van der Waals surface area contributed by atoms with Crippen LogP contribution in [-0.4, -0.2) is 24.5 Å². The molecule has 0 saturated heterocycles. The van der Waals surface area contributed by atoms with Crippen LogP contribution < -0.4 is 10.6 Å². The van der Waals surface area contributed by atoms with Gasteiger partial charge in [0.15, 0.2) is 6.61 Å². The Morgan fingerprint density at radius 1 is 1.24 bits per heavy atom. The molecule has 0 radical (unpaired) electrons. The maximum absolute atomic E-state index is 13.3. The molecule has 6 nitrogen and oxygen atoms in total. The number of esters is 1. The number of hydrogen-bond donors (Lipinski definition) is 2. The summed E-state index contributed by atoms with van der Waals surface area (Å²) in [6.45, 7) is 1.38. The lowest BCUT2D eigenvalue weighted by Gasteiger charge is -2.08. The van der Waals surface area contributed by atoms with E-state index < -0.39 is 30.3 Å². The Kier molecular flexibility index (Phi) is 6.86. The van der Waals surface area contributed by atoms with Crippen molar-refractivity contribution in [3.8, 4) is 0 Å². The number of unbranched alkanes of at least 4 members (excludes halogenated alkanes) is 1. The number of carbonyl (C=O) groups excluding carboxylic acids is 3. The second-order valence-corrected chi connectivity index (χ2v) is 4.25. The first-order chi connectivity index (χ1) is 10.0. The molecule has 0 aliphatic carbocycles. The molecule has 21 heavy (non-hydrogen) atoms. The Hall–Kier alpha value is -2.44. The van der Waals surface area contributed by atoms with Gasteiger partial charge in [-0.15, -0.1) is 0 Å². The van der Waals surface area contributed by atoms with Gasteiger partial charge >= 0.3 is 12.0 Å². The molecule has 0 heterocycles. The van der Waals surface area contributed by atoms with E-state index >= 15 is 0 Å². The molecule has 0 unspecified atom stereocenters. The third-order valence-electron chi connectivity index (χ3n) is 2.47. The van der Waals surface area contributed by atoms with Crippen LogP contribution in [-0.2, 0) is 14.3 Å². The summed E-state index contributed by atoms with van der Waals surface area (Å²) < 4.78 is 17.9. The van der Waals surface area contributed by atoms with Gasteiger partial charge in [-0.05, 0) is 18.6 Å². The topological polar surface area (TPSA) is 84.5 Å². The fraction of sp³-hybridized carbons (Fsp3) is 0.357. The van der Waals surface area contributed by atoms with E-state index in [2.05, 4.69) is 10.1 Å². The Labute approximate surface area is 121 Å². The van der Waals surface area contributed by atoms with Gasteiger partial charge in [0.05, 0.1) is 5.69 Å². The molecule has 2 N–H and O–H groups in total. The Balaban J connectivity index is 2.33. The first-order valence-corrected chi connectivity index (χ1v) is 6.54. The highest BCUT2D eigenvalue weighted by Crippen LogP contribution is 2.11. The van der Waals surface area contributed by atoms with Crippen LogP contribution in [0.5, 0.6) is 0 Å². The van der Waals surface area contributed by atoms with Crippen molar-refractivity contribution in [2.45, 2.75) is 26.2 Å². The molecular weight excluding hydrogens is 279 g/mol. The second kappa shape index (κ2) is 8.68. The average molecular weight is 296 g/mol. The van der Waals surface area contributed by atoms with E-state index in [4.69, 9.17) is 0 Å². The summed E-state index contributed by atoms with van der Waals surface area (Å²) in [6.07, 6.45) is 1.74. The molecule has 1 rings (SSSR count). The number of ether oxygens (including phenoxy) is 1. The van der Waals surface area contributed by atoms with Crippen molar-refractivity contribution >= 4 is 23.6 Å². The molecule has 3 amide bonds. The van der Waals surface area contributed by atoms with Crippen LogP contribution in [0.25, 0.3) is 0 Å². The number of hydrogen-bond acceptors (Lipinski definition) is 4. The van der Waals surface area contributed by atoms with Crippen LogP contribution in [0, 0.1) is 5.82 Å². The summed E-state index contributed by atoms with van der Waals surface area (Å²) in [5, 5.41) is 4.11. The highest BCUT2D eigenvalue weighted by atomic mass is 19.1. The van der Waals surface area contributed by atoms with Crippen LogP contribution in [0.15, 0.2) is 24.3 Å². The number of halogens is 1. The smallest absolute Gasteiger partial charge is 0.326 e. The molecule has 0 spiro atoms. The van der Waals surface area contributed by atoms with E-state index in [0.717, 1.165) is 6.42 Å². The van der Waals surface area contributed by atoms with Crippen molar-refractivity contribution in [1.29, 1.82) is 0 Å². The van der Waals surface area contributed by atoms with Crippen LogP contribution in [0.4, 0.5) is 14.9 Å². The fourth-order valence-corrected chi connectivity index (χ4v) is 1.42. The van der Waals surface area contributed by atoms with Crippen molar-refractivity contribution in [2.75, 3.05) is 11.9 Å². The zero-order chi connectivity index (χ0) is 15.7. The van der Waals surface area contributed by atoms with E-state index in [1.54, 1.807) is 0 Å². The summed E-state index contributed by atoms with van der Waals surface area (Å²) in [6, 6.07) is 4.64. The van der Waals surface area contributed by atoms with Gasteiger partial charge in [0.1, 0.15) is 5.82 Å². The summed E-state index contributed by atoms with van der Waals surface area (Å²) in [5.41, 5.74) is -0.0530. The number of amides is 3. The molecule has 0 aromatic heterocycles. The van der Waals surface area contributed by atoms with Gasteiger partial charge in [-0.25, -0.2) is 9.18 Å². The summed E-state index contributed by atoms with van der Waals surface area (Å²) in [4.78, 5) is 34.0. The molecular formula is C14H17FN2O4. The third kappa shape index (κ3) is 6.51. The summed E-state index contributed by atoms with van der Waals surface area (Å²) >= 11 is 0. The highest BCUT2D eigenvalue weighted by molar-refractivity contribution is 6.01. The van der Waals surface area contributed by atoms with Crippen molar-refractivity contribution in [2.24, 2.45) is 0 Å².